The largest absolute Gasteiger partial charge is 0.497 e. The molecule has 6 amide bonds. The molecule has 22 nitrogen and oxygen atoms in total. The van der Waals surface area contributed by atoms with E-state index in [1.165, 1.54) is 7.05 Å². The summed E-state index contributed by atoms with van der Waals surface area (Å²) in [4.78, 5) is 95.0. The Labute approximate surface area is 498 Å². The van der Waals surface area contributed by atoms with Crippen molar-refractivity contribution in [2.45, 2.75) is 24.9 Å². The van der Waals surface area contributed by atoms with Gasteiger partial charge in [0.25, 0.3) is 23.6 Å². The van der Waals surface area contributed by atoms with Crippen molar-refractivity contribution in [1.29, 1.82) is 0 Å². The predicted molar refractivity (Wildman–Crippen MR) is 326 cm³/mol. The molecule has 0 saturated heterocycles. The molecule has 446 valence electrons. The van der Waals surface area contributed by atoms with E-state index in [2.05, 4.69) is 30.9 Å². The molecule has 6 aromatic carbocycles. The Morgan fingerprint density at radius 3 is 1.45 bits per heavy atom. The average molecular weight is 1200 g/mol. The molecule has 6 heterocycles. The van der Waals surface area contributed by atoms with Crippen molar-refractivity contribution in [2.24, 2.45) is 0 Å². The number of fused-ring (bicyclic) bond motifs is 9. The molecule has 0 unspecified atom stereocenters. The van der Waals surface area contributed by atoms with Crippen LogP contribution in [0, 0.1) is 0 Å². The maximum absolute atomic E-state index is 14.6. The molecular weight excluding hydrogens is 1130 g/mol. The van der Waals surface area contributed by atoms with Gasteiger partial charge in [0, 0.05) is 76.5 Å². The Bertz CT molecular complexity index is 4250. The number of nitrogens with zero attached hydrogens (tertiary/aromatic N) is 3. The molecule has 0 bridgehead atoms. The van der Waals surface area contributed by atoms with Gasteiger partial charge in [-0.15, -0.1) is 0 Å². The first kappa shape index (κ1) is 57.3. The van der Waals surface area contributed by atoms with Crippen molar-refractivity contribution in [2.75, 3.05) is 93.6 Å². The number of H-pyrrole nitrogens is 3. The summed E-state index contributed by atoms with van der Waals surface area (Å²) in [6.45, 7) is -0.0870. The number of aromatic amines is 3. The van der Waals surface area contributed by atoms with Crippen LogP contribution in [-0.2, 0) is 53.7 Å². The summed E-state index contributed by atoms with van der Waals surface area (Å²) >= 11 is 0. The third kappa shape index (κ3) is 11.0. The first-order valence-electron chi connectivity index (χ1n) is 28.3. The lowest BCUT2D eigenvalue weighted by Crippen LogP contribution is -2.39. The number of hydrogen-bond donors (Lipinski definition) is 6. The summed E-state index contributed by atoms with van der Waals surface area (Å²) in [6, 6.07) is 41.8. The van der Waals surface area contributed by atoms with E-state index in [0.717, 1.165) is 71.9 Å². The third-order valence-corrected chi connectivity index (χ3v) is 17.9. The second-order valence-electron chi connectivity index (χ2n) is 21.2. The Hall–Kier alpha value is -10.1. The van der Waals surface area contributed by atoms with Crippen LogP contribution in [0.15, 0.2) is 133 Å². The van der Waals surface area contributed by atoms with Gasteiger partial charge in [0.1, 0.15) is 54.0 Å². The standard InChI is InChI=1S/C64H61N9O13S/c1-65-62(78)84-29-31-87(80,81)32-30-85-63(79)67-37-66-59(75)52-33-46-44-24-27-72(56(44)21-18-49(46)68-52)61(77)54-35-48-45-25-28-73(57(45)22-19-51(48)70-54)60(76)53-34-47-43-23-26-71(55(43)20-17-50(47)69-53)58(74)36-86-64(38-7-5-4-6-8-38,39-9-13-41(82-2)14-10-39)40-11-15-42(83-3)16-12-40/h4-22,33-35,68-70H,23-32,36-37H2,1-3H3,(H,65,78)(H,66,75)(H,67,79). The van der Waals surface area contributed by atoms with E-state index >= 15 is 0 Å². The minimum Gasteiger partial charge on any atom is -0.497 e. The minimum absolute atomic E-state index is 0.200. The van der Waals surface area contributed by atoms with Gasteiger partial charge in [-0.1, -0.05) is 54.6 Å². The maximum Gasteiger partial charge on any atom is 0.408 e. The molecule has 3 aliphatic rings. The van der Waals surface area contributed by atoms with Crippen LogP contribution < -0.4 is 40.1 Å². The number of ether oxygens (including phenoxy) is 5. The van der Waals surface area contributed by atoms with Crippen molar-refractivity contribution in [1.82, 2.24) is 30.9 Å². The van der Waals surface area contributed by atoms with Gasteiger partial charge < -0.3 is 69.3 Å². The molecule has 9 aromatic rings. The molecule has 0 spiro atoms. The lowest BCUT2D eigenvalue weighted by molar-refractivity contribution is -0.126. The van der Waals surface area contributed by atoms with Crippen LogP contribution in [0.25, 0.3) is 32.7 Å². The number of nitrogens with one attached hydrogen (secondary N) is 6. The molecular formula is C64H61N9O13S. The van der Waals surface area contributed by atoms with Gasteiger partial charge in [-0.25, -0.2) is 18.0 Å². The van der Waals surface area contributed by atoms with Crippen molar-refractivity contribution >= 4 is 95.4 Å². The van der Waals surface area contributed by atoms with Crippen molar-refractivity contribution < 1.29 is 60.9 Å². The summed E-state index contributed by atoms with van der Waals surface area (Å²) in [5, 5.41) is 9.61. The highest BCUT2D eigenvalue weighted by molar-refractivity contribution is 7.91. The Balaban J connectivity index is 0.700. The summed E-state index contributed by atoms with van der Waals surface area (Å²) in [5.74, 6) is -0.724. The summed E-state index contributed by atoms with van der Waals surface area (Å²) in [7, 11) is 0.914. The highest BCUT2D eigenvalue weighted by atomic mass is 32.2. The van der Waals surface area contributed by atoms with Gasteiger partial charge in [-0.2, -0.15) is 0 Å². The first-order chi connectivity index (χ1) is 42.2. The number of amides is 6. The fourth-order valence-electron chi connectivity index (χ4n) is 12.0. The summed E-state index contributed by atoms with van der Waals surface area (Å²) in [6.07, 6.45) is -0.0249. The number of aromatic nitrogens is 3. The fourth-order valence-corrected chi connectivity index (χ4v) is 12.9. The average Bonchev–Trinajstić information content (AvgIpc) is 1.83. The molecule has 87 heavy (non-hydrogen) atoms. The Kier molecular flexibility index (Phi) is 15.6. The Morgan fingerprint density at radius 1 is 0.529 bits per heavy atom. The normalized spacial score (nSPS) is 13.6. The number of rotatable bonds is 19. The van der Waals surface area contributed by atoms with Gasteiger partial charge >= 0.3 is 12.2 Å². The molecule has 0 aliphatic carbocycles. The van der Waals surface area contributed by atoms with Crippen LogP contribution in [0.1, 0.15) is 64.8 Å². The predicted octanol–water partition coefficient (Wildman–Crippen LogP) is 7.64. The van der Waals surface area contributed by atoms with Crippen molar-refractivity contribution in [3.8, 4) is 11.5 Å². The number of methoxy groups -OCH3 is 2. The monoisotopic (exact) mass is 1200 g/mol. The SMILES string of the molecule is CNC(=O)OCCS(=O)(=O)CCOC(=O)NCNC(=O)c1cc2c3c(ccc2[nH]1)N(C(=O)c1cc2c4c(ccc2[nH]1)N(C(=O)c1cc2c5c(ccc2[nH]1)N(C(=O)COC(c1ccccc1)(c1ccc(OC)cc1)c1ccc(OC)cc1)CC5)CC4)CC3. The Morgan fingerprint density at radius 2 is 0.966 bits per heavy atom. The number of carbonyl (C=O) groups excluding carboxylic acids is 6. The number of carbonyl (C=O) groups is 6. The molecule has 0 atom stereocenters. The van der Waals surface area contributed by atoms with Crippen LogP contribution in [0.3, 0.4) is 0 Å². The van der Waals surface area contributed by atoms with E-state index in [9.17, 15) is 37.2 Å². The summed E-state index contributed by atoms with van der Waals surface area (Å²) in [5.41, 5.74) is 9.53. The number of sulfone groups is 1. The number of alkyl carbamates (subject to hydrolysis) is 2. The van der Waals surface area contributed by atoms with Crippen LogP contribution in [0.5, 0.6) is 11.5 Å². The van der Waals surface area contributed by atoms with Crippen LogP contribution in [0.2, 0.25) is 0 Å². The quantitative estimate of drug-likeness (QED) is 0.0336. The minimum atomic E-state index is -3.66. The molecule has 0 fully saturated rings. The molecule has 3 aromatic heterocycles. The molecule has 6 N–H and O–H groups in total. The summed E-state index contributed by atoms with van der Waals surface area (Å²) < 4.78 is 51.9. The molecule has 23 heteroatoms. The van der Waals surface area contributed by atoms with Crippen molar-refractivity contribution in [3.05, 3.63) is 184 Å². The zero-order valence-corrected chi connectivity index (χ0v) is 48.6. The zero-order valence-electron chi connectivity index (χ0n) is 47.7. The highest BCUT2D eigenvalue weighted by Crippen LogP contribution is 2.44. The first-order valence-corrected chi connectivity index (χ1v) is 30.1. The van der Waals surface area contributed by atoms with Gasteiger partial charge in [-0.3, -0.25) is 19.2 Å². The third-order valence-electron chi connectivity index (χ3n) is 16.3. The van der Waals surface area contributed by atoms with E-state index in [-0.39, 0.29) is 43.3 Å². The fraction of sp³-hybridized carbons (Fsp3) is 0.250. The highest BCUT2D eigenvalue weighted by Gasteiger charge is 2.40. The molecule has 0 saturated carbocycles. The molecule has 3 aliphatic heterocycles. The second-order valence-corrected chi connectivity index (χ2v) is 23.5. The van der Waals surface area contributed by atoms with Gasteiger partial charge in [-0.05, 0) is 132 Å². The van der Waals surface area contributed by atoms with Gasteiger partial charge in [0.15, 0.2) is 9.84 Å². The van der Waals surface area contributed by atoms with Crippen LogP contribution >= 0.6 is 0 Å². The lowest BCUT2D eigenvalue weighted by Gasteiger charge is -2.36. The maximum atomic E-state index is 14.6. The van der Waals surface area contributed by atoms with E-state index in [0.29, 0.717) is 73.0 Å². The molecule has 0 radical (unpaired) electrons. The second kappa shape index (κ2) is 23.7. The number of hydrogen-bond acceptors (Lipinski definition) is 13. The van der Waals surface area contributed by atoms with E-state index in [1.807, 2.05) is 121 Å². The van der Waals surface area contributed by atoms with E-state index in [1.54, 1.807) is 41.1 Å². The zero-order chi connectivity index (χ0) is 60.6. The number of anilines is 3. The smallest absolute Gasteiger partial charge is 0.408 e. The van der Waals surface area contributed by atoms with Crippen LogP contribution in [-0.4, -0.2) is 138 Å². The molecule has 12 rings (SSSR count). The van der Waals surface area contributed by atoms with E-state index in [4.69, 9.17) is 23.7 Å². The van der Waals surface area contributed by atoms with Crippen LogP contribution in [0.4, 0.5) is 26.7 Å². The number of benzene rings is 6. The topological polar surface area (TPSA) is 276 Å². The van der Waals surface area contributed by atoms with E-state index < -0.39 is 51.6 Å². The van der Waals surface area contributed by atoms with Gasteiger partial charge in [0.05, 0.1) is 32.4 Å². The van der Waals surface area contributed by atoms with Gasteiger partial charge in [0.2, 0.25) is 0 Å². The lowest BCUT2D eigenvalue weighted by atomic mass is 9.80. The van der Waals surface area contributed by atoms with Crippen molar-refractivity contribution in [3.63, 3.8) is 0 Å².